The minimum Gasteiger partial charge on any atom is -0.406 e. The van der Waals surface area contributed by atoms with Crippen LogP contribution in [-0.4, -0.2) is 11.3 Å². The summed E-state index contributed by atoms with van der Waals surface area (Å²) in [5.41, 5.74) is 3.64. The molecule has 2 aromatic carbocycles. The molecule has 22 heavy (non-hydrogen) atoms. The molecule has 0 spiro atoms. The highest BCUT2D eigenvalue weighted by molar-refractivity contribution is 14.1. The second-order valence-electron chi connectivity index (χ2n) is 5.21. The summed E-state index contributed by atoms with van der Waals surface area (Å²) in [6.07, 6.45) is -4.64. The van der Waals surface area contributed by atoms with Crippen LogP contribution in [0.25, 0.3) is 0 Å². The van der Waals surface area contributed by atoms with Gasteiger partial charge >= 0.3 is 6.36 Å². The van der Waals surface area contributed by atoms with Gasteiger partial charge in [0.05, 0.1) is 0 Å². The molecule has 0 amide bonds. The van der Waals surface area contributed by atoms with E-state index in [1.807, 2.05) is 6.07 Å². The zero-order chi connectivity index (χ0) is 15.7. The largest absolute Gasteiger partial charge is 0.573 e. The van der Waals surface area contributed by atoms with Crippen molar-refractivity contribution in [2.75, 3.05) is 0 Å². The number of benzene rings is 2. The van der Waals surface area contributed by atoms with Gasteiger partial charge in [-0.25, -0.2) is 0 Å². The van der Waals surface area contributed by atoms with Gasteiger partial charge in [-0.3, -0.25) is 4.90 Å². The minimum absolute atomic E-state index is 0.185. The maximum absolute atomic E-state index is 12.1. The molecule has 2 aromatic rings. The number of hydrogen-bond acceptors (Lipinski definition) is 2. The van der Waals surface area contributed by atoms with Gasteiger partial charge in [0.15, 0.2) is 0 Å². The summed E-state index contributed by atoms with van der Waals surface area (Å²) < 4.78 is 41.5. The molecular formula is C16H13F3INO. The predicted molar refractivity (Wildman–Crippen MR) is 85.2 cm³/mol. The Morgan fingerprint density at radius 3 is 2.41 bits per heavy atom. The van der Waals surface area contributed by atoms with Crippen molar-refractivity contribution in [2.24, 2.45) is 0 Å². The first-order valence-electron chi connectivity index (χ1n) is 6.74. The lowest BCUT2D eigenvalue weighted by Crippen LogP contribution is -2.17. The standard InChI is InChI=1S/C16H13F3INO/c17-16(18,19)22-13-6-4-11(5-7-13)8-21-9-12-2-1-3-15(20)14(12)10-21/h1-7H,8-10H2. The van der Waals surface area contributed by atoms with Crippen molar-refractivity contribution in [2.45, 2.75) is 26.0 Å². The van der Waals surface area contributed by atoms with Gasteiger partial charge in [-0.2, -0.15) is 0 Å². The van der Waals surface area contributed by atoms with Gasteiger partial charge in [0.2, 0.25) is 0 Å². The van der Waals surface area contributed by atoms with E-state index in [1.165, 1.54) is 26.8 Å². The molecule has 6 heteroatoms. The summed E-state index contributed by atoms with van der Waals surface area (Å²) in [7, 11) is 0. The summed E-state index contributed by atoms with van der Waals surface area (Å²) in [5.74, 6) is -0.185. The van der Waals surface area contributed by atoms with Crippen LogP contribution in [0.4, 0.5) is 13.2 Å². The molecule has 0 radical (unpaired) electrons. The molecule has 0 atom stereocenters. The van der Waals surface area contributed by atoms with E-state index in [4.69, 9.17) is 0 Å². The molecular weight excluding hydrogens is 406 g/mol. The minimum atomic E-state index is -4.64. The van der Waals surface area contributed by atoms with Crippen molar-refractivity contribution in [1.82, 2.24) is 4.90 Å². The van der Waals surface area contributed by atoms with Crippen LogP contribution in [0.2, 0.25) is 0 Å². The van der Waals surface area contributed by atoms with E-state index in [0.29, 0.717) is 6.54 Å². The highest BCUT2D eigenvalue weighted by Crippen LogP contribution is 2.29. The molecule has 116 valence electrons. The molecule has 1 aliphatic rings. The quantitative estimate of drug-likeness (QED) is 0.669. The van der Waals surface area contributed by atoms with Gasteiger partial charge in [0, 0.05) is 23.2 Å². The van der Waals surface area contributed by atoms with Crippen molar-refractivity contribution in [3.05, 3.63) is 62.7 Å². The second-order valence-corrected chi connectivity index (χ2v) is 6.38. The number of nitrogens with zero attached hydrogens (tertiary/aromatic N) is 1. The molecule has 0 saturated carbocycles. The van der Waals surface area contributed by atoms with Crippen LogP contribution in [0.15, 0.2) is 42.5 Å². The SMILES string of the molecule is FC(F)(F)Oc1ccc(CN2Cc3cccc(I)c3C2)cc1. The van der Waals surface area contributed by atoms with E-state index in [1.54, 1.807) is 12.1 Å². The number of rotatable bonds is 3. The molecule has 0 aliphatic carbocycles. The normalized spacial score (nSPS) is 14.9. The summed E-state index contributed by atoms with van der Waals surface area (Å²) in [6.45, 7) is 2.44. The van der Waals surface area contributed by atoms with Gasteiger partial charge in [-0.1, -0.05) is 24.3 Å². The summed E-state index contributed by atoms with van der Waals surface area (Å²) in [5, 5.41) is 0. The van der Waals surface area contributed by atoms with E-state index < -0.39 is 6.36 Å². The van der Waals surface area contributed by atoms with Gasteiger partial charge in [-0.15, -0.1) is 13.2 Å². The first-order valence-corrected chi connectivity index (χ1v) is 7.82. The highest BCUT2D eigenvalue weighted by atomic mass is 127. The van der Waals surface area contributed by atoms with Gasteiger partial charge < -0.3 is 4.74 Å². The molecule has 1 heterocycles. The molecule has 3 rings (SSSR count). The van der Waals surface area contributed by atoms with Crippen LogP contribution in [-0.2, 0) is 19.6 Å². The third-order valence-electron chi connectivity index (χ3n) is 3.55. The summed E-state index contributed by atoms with van der Waals surface area (Å²) in [6, 6.07) is 12.3. The Balaban J connectivity index is 1.64. The van der Waals surface area contributed by atoms with Crippen LogP contribution in [0.3, 0.4) is 0 Å². The predicted octanol–water partition coefficient (Wildman–Crippen LogP) is 4.71. The Bertz CT molecular complexity index is 670. The number of alkyl halides is 3. The van der Waals surface area contributed by atoms with Crippen LogP contribution in [0, 0.1) is 3.57 Å². The molecule has 0 bridgehead atoms. The average Bonchev–Trinajstić information content (AvgIpc) is 2.83. The van der Waals surface area contributed by atoms with Gasteiger partial charge in [0.1, 0.15) is 5.75 Å². The zero-order valence-corrected chi connectivity index (χ0v) is 13.7. The van der Waals surface area contributed by atoms with Crippen molar-refractivity contribution in [3.8, 4) is 5.75 Å². The van der Waals surface area contributed by atoms with Crippen LogP contribution >= 0.6 is 22.6 Å². The molecule has 0 saturated heterocycles. The van der Waals surface area contributed by atoms with Gasteiger partial charge in [-0.05, 0) is 57.5 Å². The van der Waals surface area contributed by atoms with E-state index in [0.717, 1.165) is 18.7 Å². The van der Waals surface area contributed by atoms with E-state index >= 15 is 0 Å². The van der Waals surface area contributed by atoms with E-state index in [-0.39, 0.29) is 5.75 Å². The van der Waals surface area contributed by atoms with E-state index in [2.05, 4.69) is 44.4 Å². The zero-order valence-electron chi connectivity index (χ0n) is 11.5. The van der Waals surface area contributed by atoms with Crippen molar-refractivity contribution in [3.63, 3.8) is 0 Å². The fourth-order valence-corrected chi connectivity index (χ4v) is 3.34. The lowest BCUT2D eigenvalue weighted by atomic mass is 10.1. The summed E-state index contributed by atoms with van der Waals surface area (Å²) >= 11 is 2.33. The number of fused-ring (bicyclic) bond motifs is 1. The Hall–Kier alpha value is -1.28. The Morgan fingerprint density at radius 1 is 1.05 bits per heavy atom. The molecule has 1 aliphatic heterocycles. The maximum Gasteiger partial charge on any atom is 0.573 e. The fraction of sp³-hybridized carbons (Fsp3) is 0.250. The second kappa shape index (κ2) is 6.08. The molecule has 0 N–H and O–H groups in total. The third-order valence-corrected chi connectivity index (χ3v) is 4.57. The van der Waals surface area contributed by atoms with Crippen molar-refractivity contribution in [1.29, 1.82) is 0 Å². The molecule has 0 fully saturated rings. The lowest BCUT2D eigenvalue weighted by Gasteiger charge is -2.15. The molecule has 2 nitrogen and oxygen atoms in total. The first-order chi connectivity index (χ1) is 10.4. The van der Waals surface area contributed by atoms with Crippen LogP contribution in [0.5, 0.6) is 5.75 Å². The fourth-order valence-electron chi connectivity index (χ4n) is 2.62. The van der Waals surface area contributed by atoms with E-state index in [9.17, 15) is 13.2 Å². The molecule has 0 aromatic heterocycles. The maximum atomic E-state index is 12.1. The lowest BCUT2D eigenvalue weighted by molar-refractivity contribution is -0.274. The summed E-state index contributed by atoms with van der Waals surface area (Å²) in [4.78, 5) is 2.27. The first kappa shape index (κ1) is 15.6. The Kier molecular flexibility index (Phi) is 4.31. The molecule has 0 unspecified atom stereocenters. The van der Waals surface area contributed by atoms with Crippen molar-refractivity contribution < 1.29 is 17.9 Å². The number of halogens is 4. The van der Waals surface area contributed by atoms with Crippen molar-refractivity contribution >= 4 is 22.6 Å². The topological polar surface area (TPSA) is 12.5 Å². The Morgan fingerprint density at radius 2 is 1.77 bits per heavy atom. The monoisotopic (exact) mass is 419 g/mol. The number of ether oxygens (including phenoxy) is 1. The Labute approximate surface area is 140 Å². The highest BCUT2D eigenvalue weighted by Gasteiger charge is 2.31. The third kappa shape index (κ3) is 3.73. The van der Waals surface area contributed by atoms with Gasteiger partial charge in [0.25, 0.3) is 0 Å². The number of hydrogen-bond donors (Lipinski definition) is 0. The van der Waals surface area contributed by atoms with Crippen LogP contribution < -0.4 is 4.74 Å². The van der Waals surface area contributed by atoms with Crippen LogP contribution in [0.1, 0.15) is 16.7 Å². The average molecular weight is 419 g/mol. The smallest absolute Gasteiger partial charge is 0.406 e.